The Morgan fingerprint density at radius 3 is 2.47 bits per heavy atom. The van der Waals surface area contributed by atoms with Crippen LogP contribution in [-0.4, -0.2) is 11.6 Å². The van der Waals surface area contributed by atoms with Gasteiger partial charge in [-0.3, -0.25) is 4.89 Å². The van der Waals surface area contributed by atoms with Crippen molar-refractivity contribution in [1.29, 1.82) is 0 Å². The number of carbonyl (C=O) groups excluding carboxylic acids is 1. The molecule has 3 heteroatoms. The first-order chi connectivity index (χ1) is 7.96. The Morgan fingerprint density at radius 1 is 1.35 bits per heavy atom. The molecule has 0 aliphatic rings. The van der Waals surface area contributed by atoms with E-state index in [1.807, 2.05) is 34.1 Å². The van der Waals surface area contributed by atoms with Crippen molar-refractivity contribution < 1.29 is 14.6 Å². The van der Waals surface area contributed by atoms with Crippen LogP contribution in [0.25, 0.3) is 0 Å². The van der Waals surface area contributed by atoms with E-state index in [2.05, 4.69) is 6.92 Å². The highest BCUT2D eigenvalue weighted by Crippen LogP contribution is 2.19. The molecule has 0 aromatic rings. The Labute approximate surface area is 106 Å². The van der Waals surface area contributed by atoms with Crippen molar-refractivity contribution in [3.8, 4) is 0 Å². The Hall–Kier alpha value is -0.570. The van der Waals surface area contributed by atoms with Crippen LogP contribution in [0.4, 0.5) is 0 Å². The minimum Gasteiger partial charge on any atom is -0.298 e. The van der Waals surface area contributed by atoms with E-state index in [0.29, 0.717) is 0 Å². The van der Waals surface area contributed by atoms with Crippen LogP contribution in [0.3, 0.4) is 0 Å². The molecular weight excluding hydrogens is 216 g/mol. The Balaban J connectivity index is 4.05. The van der Waals surface area contributed by atoms with E-state index in [1.165, 1.54) is 0 Å². The first kappa shape index (κ1) is 16.4. The van der Waals surface area contributed by atoms with E-state index >= 15 is 0 Å². The fourth-order valence-corrected chi connectivity index (χ4v) is 1.69. The van der Waals surface area contributed by atoms with Crippen molar-refractivity contribution in [2.75, 3.05) is 0 Å². The predicted octanol–water partition coefficient (Wildman–Crippen LogP) is 4.07. The van der Waals surface area contributed by atoms with Gasteiger partial charge >= 0.3 is 5.97 Å². The molecule has 1 radical (unpaired) electrons. The standard InChI is InChI=1S/C14H27O3/c1-6-9-10-12(8-3)13(15)16-17-14(4,5)11-7-2/h7,12H,6,8-11H2,1-5H3. The summed E-state index contributed by atoms with van der Waals surface area (Å²) in [6.07, 6.45) is 6.60. The summed E-state index contributed by atoms with van der Waals surface area (Å²) < 4.78 is 0. The van der Waals surface area contributed by atoms with Gasteiger partial charge in [0, 0.05) is 0 Å². The Morgan fingerprint density at radius 2 is 2.00 bits per heavy atom. The quantitative estimate of drug-likeness (QED) is 0.452. The van der Waals surface area contributed by atoms with E-state index in [1.54, 1.807) is 0 Å². The third kappa shape index (κ3) is 7.37. The van der Waals surface area contributed by atoms with Crippen molar-refractivity contribution in [2.45, 2.75) is 72.3 Å². The zero-order valence-electron chi connectivity index (χ0n) is 11.9. The predicted molar refractivity (Wildman–Crippen MR) is 69.2 cm³/mol. The van der Waals surface area contributed by atoms with Crippen LogP contribution < -0.4 is 0 Å². The van der Waals surface area contributed by atoms with Gasteiger partial charge in [-0.2, -0.15) is 4.89 Å². The van der Waals surface area contributed by atoms with Gasteiger partial charge in [0.25, 0.3) is 0 Å². The fourth-order valence-electron chi connectivity index (χ4n) is 1.69. The average Bonchev–Trinajstić information content (AvgIpc) is 2.27. The summed E-state index contributed by atoms with van der Waals surface area (Å²) in [7, 11) is 0. The number of hydrogen-bond donors (Lipinski definition) is 0. The van der Waals surface area contributed by atoms with Gasteiger partial charge in [0.05, 0.1) is 5.92 Å². The van der Waals surface area contributed by atoms with Gasteiger partial charge in [-0.05, 0) is 39.5 Å². The summed E-state index contributed by atoms with van der Waals surface area (Å²) >= 11 is 0. The van der Waals surface area contributed by atoms with E-state index in [0.717, 1.165) is 32.1 Å². The molecule has 0 aromatic heterocycles. The van der Waals surface area contributed by atoms with Gasteiger partial charge in [-0.25, -0.2) is 4.79 Å². The molecule has 0 fully saturated rings. The van der Waals surface area contributed by atoms with Crippen molar-refractivity contribution in [2.24, 2.45) is 5.92 Å². The zero-order valence-corrected chi connectivity index (χ0v) is 11.9. The molecule has 0 aliphatic heterocycles. The van der Waals surface area contributed by atoms with Crippen molar-refractivity contribution in [1.82, 2.24) is 0 Å². The number of rotatable bonds is 9. The largest absolute Gasteiger partial charge is 0.345 e. The van der Waals surface area contributed by atoms with E-state index in [-0.39, 0.29) is 11.9 Å². The lowest BCUT2D eigenvalue weighted by atomic mass is 10.00. The third-order valence-electron chi connectivity index (χ3n) is 2.78. The third-order valence-corrected chi connectivity index (χ3v) is 2.78. The Kier molecular flexibility index (Phi) is 8.23. The second-order valence-corrected chi connectivity index (χ2v) is 5.11. The van der Waals surface area contributed by atoms with Crippen LogP contribution in [-0.2, 0) is 14.6 Å². The van der Waals surface area contributed by atoms with Crippen molar-refractivity contribution >= 4 is 5.97 Å². The minimum atomic E-state index is -0.437. The summed E-state index contributed by atoms with van der Waals surface area (Å²) in [6.45, 7) is 9.91. The maximum absolute atomic E-state index is 11.8. The molecule has 101 valence electrons. The highest BCUT2D eigenvalue weighted by Gasteiger charge is 2.24. The molecule has 0 N–H and O–H groups in total. The molecule has 0 heterocycles. The highest BCUT2D eigenvalue weighted by molar-refractivity contribution is 5.71. The summed E-state index contributed by atoms with van der Waals surface area (Å²) in [6, 6.07) is 0. The van der Waals surface area contributed by atoms with Gasteiger partial charge in [0.15, 0.2) is 0 Å². The van der Waals surface area contributed by atoms with Crippen LogP contribution in [0.1, 0.15) is 66.7 Å². The average molecular weight is 243 g/mol. The monoisotopic (exact) mass is 243 g/mol. The maximum Gasteiger partial charge on any atom is 0.345 e. The molecule has 3 nitrogen and oxygen atoms in total. The molecule has 0 saturated carbocycles. The zero-order chi connectivity index (χ0) is 13.3. The van der Waals surface area contributed by atoms with Gasteiger partial charge in [-0.1, -0.05) is 33.6 Å². The van der Waals surface area contributed by atoms with E-state index < -0.39 is 5.60 Å². The van der Waals surface area contributed by atoms with Gasteiger partial charge in [0.2, 0.25) is 0 Å². The number of carbonyl (C=O) groups is 1. The summed E-state index contributed by atoms with van der Waals surface area (Å²) in [4.78, 5) is 21.9. The first-order valence-corrected chi connectivity index (χ1v) is 6.64. The molecule has 0 aliphatic carbocycles. The normalized spacial score (nSPS) is 13.5. The molecule has 0 bridgehead atoms. The Bertz CT molecular complexity index is 212. The lowest BCUT2D eigenvalue weighted by Crippen LogP contribution is -2.28. The second-order valence-electron chi connectivity index (χ2n) is 5.11. The molecule has 0 aromatic carbocycles. The number of unbranched alkanes of at least 4 members (excludes halogenated alkanes) is 1. The lowest BCUT2D eigenvalue weighted by Gasteiger charge is -2.23. The molecule has 1 unspecified atom stereocenters. The van der Waals surface area contributed by atoms with Crippen molar-refractivity contribution in [3.63, 3.8) is 0 Å². The van der Waals surface area contributed by atoms with E-state index in [4.69, 9.17) is 9.78 Å². The number of hydrogen-bond acceptors (Lipinski definition) is 3. The molecule has 0 spiro atoms. The summed E-state index contributed by atoms with van der Waals surface area (Å²) in [5.41, 5.74) is -0.437. The van der Waals surface area contributed by atoms with Gasteiger partial charge < -0.3 is 0 Å². The molecule has 1 atom stereocenters. The molecule has 0 rings (SSSR count). The topological polar surface area (TPSA) is 35.5 Å². The molecule has 0 saturated heterocycles. The first-order valence-electron chi connectivity index (χ1n) is 6.64. The summed E-state index contributed by atoms with van der Waals surface area (Å²) in [5, 5.41) is 0. The maximum atomic E-state index is 11.8. The van der Waals surface area contributed by atoms with Gasteiger partial charge in [0.1, 0.15) is 5.60 Å². The fraction of sp³-hybridized carbons (Fsp3) is 0.857. The molecular formula is C14H27O3. The minimum absolute atomic E-state index is 0.0312. The van der Waals surface area contributed by atoms with Gasteiger partial charge in [-0.15, -0.1) is 0 Å². The van der Waals surface area contributed by atoms with Crippen LogP contribution in [0.5, 0.6) is 0 Å². The van der Waals surface area contributed by atoms with E-state index in [9.17, 15) is 4.79 Å². The summed E-state index contributed by atoms with van der Waals surface area (Å²) in [5.74, 6) is -0.263. The second kappa shape index (κ2) is 8.51. The highest BCUT2D eigenvalue weighted by atomic mass is 17.2. The SMILES string of the molecule is C[CH]CC(C)(C)OOC(=O)C(CC)CCCC. The van der Waals surface area contributed by atoms with Crippen LogP contribution in [0, 0.1) is 12.3 Å². The van der Waals surface area contributed by atoms with Crippen LogP contribution in [0.15, 0.2) is 0 Å². The molecule has 0 amide bonds. The smallest absolute Gasteiger partial charge is 0.298 e. The van der Waals surface area contributed by atoms with Crippen LogP contribution >= 0.6 is 0 Å². The van der Waals surface area contributed by atoms with Crippen LogP contribution in [0.2, 0.25) is 0 Å². The van der Waals surface area contributed by atoms with Crippen molar-refractivity contribution in [3.05, 3.63) is 6.42 Å². The lowest BCUT2D eigenvalue weighted by molar-refractivity contribution is -0.327. The molecule has 17 heavy (non-hydrogen) atoms.